The number of ketones is 1. The van der Waals surface area contributed by atoms with Crippen molar-refractivity contribution in [2.75, 3.05) is 13.1 Å². The van der Waals surface area contributed by atoms with Crippen LogP contribution in [0.5, 0.6) is 0 Å². The molecular weight excluding hydrogens is 380 g/mol. The molecule has 2 aromatic rings. The minimum Gasteiger partial charge on any atom is -0.376 e. The smallest absolute Gasteiger partial charge is 0.250 e. The Balaban J connectivity index is 1.50. The van der Waals surface area contributed by atoms with Crippen molar-refractivity contribution in [2.45, 2.75) is 18.9 Å². The molecule has 2 atom stereocenters. The lowest BCUT2D eigenvalue weighted by atomic mass is 9.83. The Labute approximate surface area is 154 Å². The highest BCUT2D eigenvalue weighted by molar-refractivity contribution is 9.10. The number of likely N-dealkylation sites (tertiary alicyclic amines) is 1. The maximum Gasteiger partial charge on any atom is 0.250 e. The standard InChI is InChI=1S/C20H19BrN2O2/c21-17-6-4-15(5-7-17)19(24)8-9-22-11-14-10-16(13-22)18-2-1-3-20(25)23(18)12-14/h1-9,14,16H,10-13H2/b9-8+/t14-,16+/m1/s1. The van der Waals surface area contributed by atoms with Gasteiger partial charge in [-0.3, -0.25) is 9.59 Å². The van der Waals surface area contributed by atoms with E-state index in [9.17, 15) is 9.59 Å². The van der Waals surface area contributed by atoms with E-state index in [0.717, 1.165) is 36.2 Å². The summed E-state index contributed by atoms with van der Waals surface area (Å²) in [5.41, 5.74) is 1.91. The zero-order valence-corrected chi connectivity index (χ0v) is 15.4. The molecule has 25 heavy (non-hydrogen) atoms. The van der Waals surface area contributed by atoms with Crippen LogP contribution in [0.25, 0.3) is 0 Å². The Hall–Kier alpha value is -2.14. The van der Waals surface area contributed by atoms with Crippen LogP contribution in [0.15, 0.2) is 64.0 Å². The van der Waals surface area contributed by atoms with Gasteiger partial charge in [0.2, 0.25) is 0 Å². The fourth-order valence-corrected chi connectivity index (χ4v) is 4.20. The molecule has 0 radical (unpaired) electrons. The highest BCUT2D eigenvalue weighted by atomic mass is 79.9. The van der Waals surface area contributed by atoms with Crippen molar-refractivity contribution in [2.24, 2.45) is 5.92 Å². The van der Waals surface area contributed by atoms with Crippen molar-refractivity contribution >= 4 is 21.7 Å². The Morgan fingerprint density at radius 2 is 1.88 bits per heavy atom. The molecule has 0 aliphatic carbocycles. The number of carbonyl (C=O) groups excluding carboxylic acids is 1. The number of nitrogens with zero attached hydrogens (tertiary/aromatic N) is 2. The van der Waals surface area contributed by atoms with Crippen LogP contribution in [-0.2, 0) is 6.54 Å². The summed E-state index contributed by atoms with van der Waals surface area (Å²) in [6.45, 7) is 2.52. The summed E-state index contributed by atoms with van der Waals surface area (Å²) < 4.78 is 2.89. The average Bonchev–Trinajstić information content (AvgIpc) is 2.61. The molecule has 4 nitrogen and oxygen atoms in total. The topological polar surface area (TPSA) is 42.3 Å². The SMILES string of the molecule is O=C(/C=C/N1C[C@H]2C[C@@H](C1)c1cccc(=O)n1C2)c1ccc(Br)cc1. The Morgan fingerprint density at radius 3 is 2.68 bits per heavy atom. The number of carbonyl (C=O) groups is 1. The van der Waals surface area contributed by atoms with Crippen LogP contribution in [-0.4, -0.2) is 28.3 Å². The van der Waals surface area contributed by atoms with Gasteiger partial charge < -0.3 is 9.47 Å². The fraction of sp³-hybridized carbons (Fsp3) is 0.300. The first-order chi connectivity index (χ1) is 12.1. The molecule has 2 aliphatic heterocycles. The van der Waals surface area contributed by atoms with Crippen molar-refractivity contribution in [1.82, 2.24) is 9.47 Å². The molecule has 0 amide bonds. The summed E-state index contributed by atoms with van der Waals surface area (Å²) in [5, 5.41) is 0. The van der Waals surface area contributed by atoms with Crippen LogP contribution >= 0.6 is 15.9 Å². The average molecular weight is 399 g/mol. The van der Waals surface area contributed by atoms with Crippen LogP contribution in [0.4, 0.5) is 0 Å². The van der Waals surface area contributed by atoms with E-state index < -0.39 is 0 Å². The summed E-state index contributed by atoms with van der Waals surface area (Å²) in [6, 6.07) is 12.9. The summed E-state index contributed by atoms with van der Waals surface area (Å²) in [4.78, 5) is 26.6. The van der Waals surface area contributed by atoms with Gasteiger partial charge in [0.05, 0.1) is 0 Å². The molecule has 0 unspecified atom stereocenters. The van der Waals surface area contributed by atoms with Gasteiger partial charge in [-0.25, -0.2) is 0 Å². The lowest BCUT2D eigenvalue weighted by Crippen LogP contribution is -2.45. The zero-order valence-electron chi connectivity index (χ0n) is 13.8. The molecule has 0 saturated carbocycles. The number of piperidine rings is 1. The van der Waals surface area contributed by atoms with Gasteiger partial charge in [-0.1, -0.05) is 22.0 Å². The number of pyridine rings is 1. The number of halogens is 1. The summed E-state index contributed by atoms with van der Waals surface area (Å²) >= 11 is 3.38. The van der Waals surface area contributed by atoms with Crippen molar-refractivity contribution in [1.29, 1.82) is 0 Å². The second kappa shape index (κ2) is 6.64. The van der Waals surface area contributed by atoms with Gasteiger partial charge in [0.15, 0.2) is 5.78 Å². The summed E-state index contributed by atoms with van der Waals surface area (Å²) in [7, 11) is 0. The van der Waals surface area contributed by atoms with Crippen LogP contribution < -0.4 is 5.56 Å². The quantitative estimate of drug-likeness (QED) is 0.587. The third-order valence-corrected chi connectivity index (χ3v) is 5.60. The minimum atomic E-state index is 0.0138. The third kappa shape index (κ3) is 3.33. The number of benzene rings is 1. The van der Waals surface area contributed by atoms with E-state index in [-0.39, 0.29) is 11.3 Å². The molecule has 0 N–H and O–H groups in total. The van der Waals surface area contributed by atoms with E-state index in [1.807, 2.05) is 41.1 Å². The molecule has 2 aliphatic rings. The molecule has 2 bridgehead atoms. The predicted molar refractivity (Wildman–Crippen MR) is 101 cm³/mol. The lowest BCUT2D eigenvalue weighted by molar-refractivity contribution is 0.104. The number of allylic oxidation sites excluding steroid dienone is 1. The van der Waals surface area contributed by atoms with Gasteiger partial charge in [-0.2, -0.15) is 0 Å². The number of rotatable bonds is 3. The third-order valence-electron chi connectivity index (χ3n) is 5.07. The molecule has 128 valence electrons. The lowest BCUT2D eigenvalue weighted by Gasteiger charge is -2.42. The van der Waals surface area contributed by atoms with Crippen LogP contribution in [0.3, 0.4) is 0 Å². The second-order valence-corrected chi connectivity index (χ2v) is 7.75. The predicted octanol–water partition coefficient (Wildman–Crippen LogP) is 3.43. The highest BCUT2D eigenvalue weighted by Gasteiger charge is 2.33. The van der Waals surface area contributed by atoms with E-state index in [1.165, 1.54) is 0 Å². The number of fused-ring (bicyclic) bond motifs is 4. The first-order valence-electron chi connectivity index (χ1n) is 8.52. The minimum absolute atomic E-state index is 0.0138. The van der Waals surface area contributed by atoms with E-state index in [0.29, 0.717) is 17.4 Å². The molecule has 1 saturated heterocycles. The van der Waals surface area contributed by atoms with E-state index in [2.05, 4.69) is 26.9 Å². The molecule has 1 aromatic heterocycles. The highest BCUT2D eigenvalue weighted by Crippen LogP contribution is 2.34. The molecule has 3 heterocycles. The van der Waals surface area contributed by atoms with Gasteiger partial charge in [0, 0.05) is 59.6 Å². The van der Waals surface area contributed by atoms with Crippen LogP contribution in [0, 0.1) is 5.92 Å². The molecular formula is C20H19BrN2O2. The number of aromatic nitrogens is 1. The van der Waals surface area contributed by atoms with Gasteiger partial charge >= 0.3 is 0 Å². The van der Waals surface area contributed by atoms with E-state index in [1.54, 1.807) is 12.1 Å². The van der Waals surface area contributed by atoms with Crippen molar-refractivity contribution in [3.05, 3.63) is 80.8 Å². The molecule has 5 heteroatoms. The largest absolute Gasteiger partial charge is 0.376 e. The Bertz CT molecular complexity index is 885. The van der Waals surface area contributed by atoms with Gasteiger partial charge in [0.1, 0.15) is 0 Å². The molecule has 4 rings (SSSR count). The first-order valence-corrected chi connectivity index (χ1v) is 9.31. The maximum absolute atomic E-state index is 12.3. The fourth-order valence-electron chi connectivity index (χ4n) is 3.94. The van der Waals surface area contributed by atoms with Crippen LogP contribution in [0.2, 0.25) is 0 Å². The normalized spacial score (nSPS) is 22.0. The molecule has 0 spiro atoms. The Kier molecular flexibility index (Phi) is 4.34. The summed E-state index contributed by atoms with van der Waals surface area (Å²) in [6.07, 6.45) is 4.69. The zero-order chi connectivity index (χ0) is 17.4. The maximum atomic E-state index is 12.3. The van der Waals surface area contributed by atoms with Crippen molar-refractivity contribution < 1.29 is 4.79 Å². The number of hydrogen-bond acceptors (Lipinski definition) is 3. The van der Waals surface area contributed by atoms with Gasteiger partial charge in [-0.05, 0) is 42.7 Å². The van der Waals surface area contributed by atoms with Gasteiger partial charge in [0.25, 0.3) is 5.56 Å². The van der Waals surface area contributed by atoms with Gasteiger partial charge in [-0.15, -0.1) is 0 Å². The monoisotopic (exact) mass is 398 g/mol. The van der Waals surface area contributed by atoms with E-state index >= 15 is 0 Å². The van der Waals surface area contributed by atoms with Crippen molar-refractivity contribution in [3.63, 3.8) is 0 Å². The van der Waals surface area contributed by atoms with Crippen LogP contribution in [0.1, 0.15) is 28.4 Å². The molecule has 1 aromatic carbocycles. The number of hydrogen-bond donors (Lipinski definition) is 0. The Morgan fingerprint density at radius 1 is 1.08 bits per heavy atom. The first kappa shape index (κ1) is 16.3. The summed E-state index contributed by atoms with van der Waals surface area (Å²) in [5.74, 6) is 0.826. The molecule has 1 fully saturated rings. The second-order valence-electron chi connectivity index (χ2n) is 6.84. The van der Waals surface area contributed by atoms with E-state index in [4.69, 9.17) is 0 Å². The van der Waals surface area contributed by atoms with Crippen molar-refractivity contribution in [3.8, 4) is 0 Å².